The van der Waals surface area contributed by atoms with Crippen molar-refractivity contribution in [2.24, 2.45) is 0 Å². The van der Waals surface area contributed by atoms with Crippen LogP contribution in [0.15, 0.2) is 29.2 Å². The van der Waals surface area contributed by atoms with E-state index < -0.39 is 10.0 Å². The number of aliphatic hydroxyl groups is 1. The number of nitrogens with one attached hydrogen (secondary N) is 1. The summed E-state index contributed by atoms with van der Waals surface area (Å²) in [5.41, 5.74) is 1.04. The summed E-state index contributed by atoms with van der Waals surface area (Å²) in [6.45, 7) is 4.08. The first-order valence-electron chi connectivity index (χ1n) is 6.75. The number of aryl methyl sites for hydroxylation is 1. The predicted molar refractivity (Wildman–Crippen MR) is 76.5 cm³/mol. The Kier molecular flexibility index (Phi) is 6.48. The van der Waals surface area contributed by atoms with E-state index in [0.29, 0.717) is 11.3 Å². The molecule has 0 saturated heterocycles. The number of benzene rings is 1. The summed E-state index contributed by atoms with van der Waals surface area (Å²) in [5, 5.41) is 8.76. The van der Waals surface area contributed by atoms with E-state index in [2.05, 4.69) is 4.72 Å². The van der Waals surface area contributed by atoms with Crippen molar-refractivity contribution >= 4 is 10.0 Å². The summed E-state index contributed by atoms with van der Waals surface area (Å²) in [6, 6.07) is 6.84. The molecule has 0 saturated carbocycles. The van der Waals surface area contributed by atoms with Crippen LogP contribution in [0.25, 0.3) is 0 Å². The maximum atomic E-state index is 12.1. The van der Waals surface area contributed by atoms with Crippen LogP contribution in [0.2, 0.25) is 0 Å². The Morgan fingerprint density at radius 2 is 1.74 bits per heavy atom. The van der Waals surface area contributed by atoms with Gasteiger partial charge in [-0.15, -0.1) is 0 Å². The van der Waals surface area contributed by atoms with Gasteiger partial charge in [0.2, 0.25) is 10.0 Å². The molecule has 0 aromatic heterocycles. The maximum absolute atomic E-state index is 12.1. The van der Waals surface area contributed by atoms with Gasteiger partial charge in [-0.05, 0) is 43.4 Å². The largest absolute Gasteiger partial charge is 0.396 e. The molecule has 0 bridgehead atoms. The van der Waals surface area contributed by atoms with Gasteiger partial charge in [0.15, 0.2) is 0 Å². The normalized spacial score (nSPS) is 12.0. The fourth-order valence-electron chi connectivity index (χ4n) is 1.86. The highest BCUT2D eigenvalue weighted by Gasteiger charge is 2.17. The molecule has 108 valence electrons. The zero-order valence-corrected chi connectivity index (χ0v) is 12.4. The molecule has 0 radical (unpaired) electrons. The monoisotopic (exact) mass is 285 g/mol. The van der Waals surface area contributed by atoms with Gasteiger partial charge in [-0.3, -0.25) is 0 Å². The van der Waals surface area contributed by atoms with Gasteiger partial charge in [0.1, 0.15) is 0 Å². The molecule has 1 aromatic carbocycles. The molecular weight excluding hydrogens is 262 g/mol. The Bertz CT molecular complexity index is 464. The Hall–Kier alpha value is -0.910. The average molecular weight is 285 g/mol. The standard InChI is InChI=1S/C14H23NO3S/c1-3-13(4-2)15-19(17,18)14-9-7-12(8-10-14)6-5-11-16/h7-10,13,15-16H,3-6,11H2,1-2H3. The van der Waals surface area contributed by atoms with Crippen molar-refractivity contribution in [3.8, 4) is 0 Å². The van der Waals surface area contributed by atoms with Gasteiger partial charge in [-0.1, -0.05) is 26.0 Å². The Morgan fingerprint density at radius 1 is 1.16 bits per heavy atom. The highest BCUT2D eigenvalue weighted by molar-refractivity contribution is 7.89. The fraction of sp³-hybridized carbons (Fsp3) is 0.571. The molecule has 0 amide bonds. The number of hydrogen-bond donors (Lipinski definition) is 2. The topological polar surface area (TPSA) is 66.4 Å². The van der Waals surface area contributed by atoms with Crippen LogP contribution in [0.3, 0.4) is 0 Å². The van der Waals surface area contributed by atoms with E-state index in [4.69, 9.17) is 5.11 Å². The lowest BCUT2D eigenvalue weighted by molar-refractivity contribution is 0.288. The van der Waals surface area contributed by atoms with Crippen molar-refractivity contribution in [3.63, 3.8) is 0 Å². The quantitative estimate of drug-likeness (QED) is 0.768. The van der Waals surface area contributed by atoms with Crippen molar-refractivity contribution in [1.82, 2.24) is 4.72 Å². The molecular formula is C14H23NO3S. The lowest BCUT2D eigenvalue weighted by Crippen LogP contribution is -2.33. The van der Waals surface area contributed by atoms with Gasteiger partial charge in [0.25, 0.3) is 0 Å². The zero-order valence-electron chi connectivity index (χ0n) is 11.6. The number of aliphatic hydroxyl groups excluding tert-OH is 1. The number of rotatable bonds is 8. The smallest absolute Gasteiger partial charge is 0.240 e. The van der Waals surface area contributed by atoms with E-state index in [-0.39, 0.29) is 12.6 Å². The first-order valence-corrected chi connectivity index (χ1v) is 8.24. The maximum Gasteiger partial charge on any atom is 0.240 e. The third-order valence-corrected chi connectivity index (χ3v) is 4.70. The van der Waals surface area contributed by atoms with Crippen molar-refractivity contribution in [2.45, 2.75) is 50.5 Å². The first-order chi connectivity index (χ1) is 9.03. The van der Waals surface area contributed by atoms with E-state index in [9.17, 15) is 8.42 Å². The molecule has 0 heterocycles. The molecule has 0 atom stereocenters. The van der Waals surface area contributed by atoms with Crippen molar-refractivity contribution in [3.05, 3.63) is 29.8 Å². The molecule has 19 heavy (non-hydrogen) atoms. The summed E-state index contributed by atoms with van der Waals surface area (Å²) in [6.07, 6.45) is 3.02. The van der Waals surface area contributed by atoms with Crippen LogP contribution in [0.4, 0.5) is 0 Å². The summed E-state index contributed by atoms with van der Waals surface area (Å²) in [5.74, 6) is 0. The molecule has 1 aromatic rings. The van der Waals surface area contributed by atoms with Gasteiger partial charge >= 0.3 is 0 Å². The van der Waals surface area contributed by atoms with E-state index >= 15 is 0 Å². The van der Waals surface area contributed by atoms with Crippen molar-refractivity contribution in [2.75, 3.05) is 6.61 Å². The van der Waals surface area contributed by atoms with Gasteiger partial charge in [0, 0.05) is 12.6 Å². The second-order valence-electron chi connectivity index (χ2n) is 4.61. The van der Waals surface area contributed by atoms with Crippen LogP contribution in [0, 0.1) is 0 Å². The highest BCUT2D eigenvalue weighted by atomic mass is 32.2. The lowest BCUT2D eigenvalue weighted by atomic mass is 10.1. The summed E-state index contributed by atoms with van der Waals surface area (Å²) in [4.78, 5) is 0.298. The lowest BCUT2D eigenvalue weighted by Gasteiger charge is -2.15. The van der Waals surface area contributed by atoms with E-state index in [1.165, 1.54) is 0 Å². The first kappa shape index (κ1) is 16.1. The number of sulfonamides is 1. The zero-order chi connectivity index (χ0) is 14.3. The second-order valence-corrected chi connectivity index (χ2v) is 6.32. The Balaban J connectivity index is 2.78. The second kappa shape index (κ2) is 7.62. The molecule has 0 spiro atoms. The minimum Gasteiger partial charge on any atom is -0.396 e. The van der Waals surface area contributed by atoms with Crippen LogP contribution < -0.4 is 4.72 Å². The molecule has 4 nitrogen and oxygen atoms in total. The number of hydrogen-bond acceptors (Lipinski definition) is 3. The van der Waals surface area contributed by atoms with Gasteiger partial charge in [-0.2, -0.15) is 0 Å². The third-order valence-electron chi connectivity index (χ3n) is 3.16. The molecule has 5 heteroatoms. The molecule has 0 aliphatic carbocycles. The molecule has 0 aliphatic heterocycles. The SMILES string of the molecule is CCC(CC)NS(=O)(=O)c1ccc(CCCO)cc1. The van der Waals surface area contributed by atoms with Crippen LogP contribution in [-0.4, -0.2) is 26.2 Å². The molecule has 0 unspecified atom stereocenters. The van der Waals surface area contributed by atoms with Crippen LogP contribution in [0.5, 0.6) is 0 Å². The molecule has 0 fully saturated rings. The highest BCUT2D eigenvalue weighted by Crippen LogP contribution is 2.13. The van der Waals surface area contributed by atoms with Gasteiger partial charge in [-0.25, -0.2) is 13.1 Å². The van der Waals surface area contributed by atoms with E-state index in [0.717, 1.165) is 24.8 Å². The summed E-state index contributed by atoms with van der Waals surface area (Å²) in [7, 11) is -3.42. The minimum atomic E-state index is -3.42. The minimum absolute atomic E-state index is 0.0148. The van der Waals surface area contributed by atoms with Crippen molar-refractivity contribution < 1.29 is 13.5 Å². The molecule has 2 N–H and O–H groups in total. The summed E-state index contributed by atoms with van der Waals surface area (Å²) >= 11 is 0. The van der Waals surface area contributed by atoms with Crippen molar-refractivity contribution in [1.29, 1.82) is 0 Å². The Morgan fingerprint density at radius 3 is 2.21 bits per heavy atom. The molecule has 1 rings (SSSR count). The average Bonchev–Trinajstić information content (AvgIpc) is 2.43. The third kappa shape index (κ3) is 4.93. The van der Waals surface area contributed by atoms with Crippen LogP contribution in [0.1, 0.15) is 38.7 Å². The molecule has 0 aliphatic rings. The van der Waals surface area contributed by atoms with Crippen LogP contribution >= 0.6 is 0 Å². The van der Waals surface area contributed by atoms with Gasteiger partial charge in [0.05, 0.1) is 4.90 Å². The fourth-order valence-corrected chi connectivity index (χ4v) is 3.26. The predicted octanol–water partition coefficient (Wildman–Crippen LogP) is 2.08. The van der Waals surface area contributed by atoms with Crippen LogP contribution in [-0.2, 0) is 16.4 Å². The summed E-state index contributed by atoms with van der Waals surface area (Å²) < 4.78 is 27.0. The van der Waals surface area contributed by atoms with Gasteiger partial charge < -0.3 is 5.11 Å². The van der Waals surface area contributed by atoms with E-state index in [1.807, 2.05) is 13.8 Å². The van der Waals surface area contributed by atoms with E-state index in [1.54, 1.807) is 24.3 Å². The Labute approximate surface area is 115 Å².